The molecule has 0 aliphatic carbocycles. The van der Waals surface area contributed by atoms with E-state index in [1.54, 1.807) is 31.4 Å². The average molecular weight is 322 g/mol. The molecule has 0 fully saturated rings. The van der Waals surface area contributed by atoms with Crippen molar-refractivity contribution in [3.8, 4) is 5.75 Å². The molecule has 122 valence electrons. The quantitative estimate of drug-likeness (QED) is 0.770. The van der Waals surface area contributed by atoms with Crippen LogP contribution in [0.1, 0.15) is 21.5 Å². The molecule has 5 heteroatoms. The monoisotopic (exact) mass is 322 g/mol. The summed E-state index contributed by atoms with van der Waals surface area (Å²) in [5, 5.41) is 11.6. The molecule has 1 amide bonds. The van der Waals surface area contributed by atoms with Gasteiger partial charge in [0.25, 0.3) is 5.91 Å². The molecule has 0 aliphatic heterocycles. The van der Waals surface area contributed by atoms with Crippen molar-refractivity contribution in [1.82, 2.24) is 0 Å². The van der Waals surface area contributed by atoms with Gasteiger partial charge >= 0.3 is 0 Å². The van der Waals surface area contributed by atoms with Crippen LogP contribution in [0, 0.1) is 19.3 Å². The molecule has 0 unspecified atom stereocenters. The van der Waals surface area contributed by atoms with Crippen LogP contribution in [0.5, 0.6) is 5.75 Å². The van der Waals surface area contributed by atoms with Crippen LogP contribution in [-0.2, 0) is 0 Å². The summed E-state index contributed by atoms with van der Waals surface area (Å²) in [6.45, 7) is 3.94. The number of carbonyl (C=O) groups is 1. The van der Waals surface area contributed by atoms with E-state index in [9.17, 15) is 4.79 Å². The third-order valence-electron chi connectivity index (χ3n) is 3.70. The fourth-order valence-corrected chi connectivity index (χ4v) is 2.65. The molecular weight excluding hydrogens is 304 g/mol. The molecule has 0 saturated carbocycles. The number of carbonyl (C=O) groups excluding carboxylic acids is 1. The van der Waals surface area contributed by atoms with Gasteiger partial charge < -0.3 is 14.5 Å². The number of ether oxygens (including phenoxy) is 1. The van der Waals surface area contributed by atoms with Crippen LogP contribution in [0.15, 0.2) is 46.9 Å². The topological polar surface area (TPSA) is 75.3 Å². The molecule has 1 aromatic heterocycles. The van der Waals surface area contributed by atoms with E-state index in [4.69, 9.17) is 14.6 Å². The Morgan fingerprint density at radius 1 is 1.08 bits per heavy atom. The van der Waals surface area contributed by atoms with Crippen molar-refractivity contribution in [2.45, 2.75) is 13.8 Å². The minimum absolute atomic E-state index is 0.183. The Morgan fingerprint density at radius 2 is 1.79 bits per heavy atom. The highest BCUT2D eigenvalue weighted by Gasteiger charge is 2.13. The van der Waals surface area contributed by atoms with Gasteiger partial charge in [0.2, 0.25) is 5.55 Å². The van der Waals surface area contributed by atoms with Crippen LogP contribution < -0.4 is 15.6 Å². The highest BCUT2D eigenvalue weighted by atomic mass is 16.5. The van der Waals surface area contributed by atoms with Crippen LogP contribution in [0.4, 0.5) is 5.69 Å². The average Bonchev–Trinajstić information content (AvgIpc) is 2.52. The van der Waals surface area contributed by atoms with Gasteiger partial charge in [0.15, 0.2) is 0 Å². The Balaban J connectivity index is 1.97. The summed E-state index contributed by atoms with van der Waals surface area (Å²) < 4.78 is 10.6. The molecule has 0 aliphatic rings. The Labute approximate surface area is 139 Å². The third-order valence-corrected chi connectivity index (χ3v) is 3.70. The maximum Gasteiger partial charge on any atom is 0.261 e. The number of hydrogen-bond acceptors (Lipinski definition) is 4. The molecule has 1 heterocycles. The first-order valence-corrected chi connectivity index (χ1v) is 7.52. The lowest BCUT2D eigenvalue weighted by Gasteiger charge is -2.08. The summed E-state index contributed by atoms with van der Waals surface area (Å²) >= 11 is 0. The van der Waals surface area contributed by atoms with Crippen LogP contribution in [0.2, 0.25) is 0 Å². The summed E-state index contributed by atoms with van der Waals surface area (Å²) in [6, 6.07) is 12.7. The van der Waals surface area contributed by atoms with E-state index in [1.807, 2.05) is 32.0 Å². The molecule has 0 saturated heterocycles. The van der Waals surface area contributed by atoms with Gasteiger partial charge in [0, 0.05) is 17.1 Å². The van der Waals surface area contributed by atoms with E-state index in [0.29, 0.717) is 17.0 Å². The molecule has 2 N–H and O–H groups in total. The van der Waals surface area contributed by atoms with Gasteiger partial charge in [-0.15, -0.1) is 0 Å². The fraction of sp³-hybridized carbons (Fsp3) is 0.158. The van der Waals surface area contributed by atoms with Gasteiger partial charge in [-0.25, -0.2) is 0 Å². The lowest BCUT2D eigenvalue weighted by atomic mass is 10.1. The van der Waals surface area contributed by atoms with Gasteiger partial charge in [-0.1, -0.05) is 6.07 Å². The number of nitrogens with one attached hydrogen (secondary N) is 2. The van der Waals surface area contributed by atoms with E-state index in [1.165, 1.54) is 0 Å². The maximum atomic E-state index is 12.5. The molecule has 0 radical (unpaired) electrons. The van der Waals surface area contributed by atoms with Crippen molar-refractivity contribution < 1.29 is 13.9 Å². The first-order chi connectivity index (χ1) is 11.5. The zero-order valence-corrected chi connectivity index (χ0v) is 13.8. The summed E-state index contributed by atoms with van der Waals surface area (Å²) in [6.07, 6.45) is 0. The largest absolute Gasteiger partial charge is 0.497 e. The zero-order chi connectivity index (χ0) is 17.3. The van der Waals surface area contributed by atoms with E-state index in [2.05, 4.69) is 5.32 Å². The first kappa shape index (κ1) is 15.8. The molecule has 0 spiro atoms. The second kappa shape index (κ2) is 6.20. The predicted molar refractivity (Wildman–Crippen MR) is 92.5 cm³/mol. The zero-order valence-electron chi connectivity index (χ0n) is 13.8. The molecule has 3 rings (SSSR count). The number of methoxy groups -OCH3 is 1. The smallest absolute Gasteiger partial charge is 0.261 e. The van der Waals surface area contributed by atoms with Gasteiger partial charge in [-0.05, 0) is 55.3 Å². The Kier molecular flexibility index (Phi) is 4.08. The Morgan fingerprint density at radius 3 is 2.46 bits per heavy atom. The number of fused-ring (bicyclic) bond motifs is 1. The van der Waals surface area contributed by atoms with Gasteiger partial charge in [0.1, 0.15) is 16.9 Å². The fourth-order valence-electron chi connectivity index (χ4n) is 2.65. The van der Waals surface area contributed by atoms with E-state index in [-0.39, 0.29) is 17.0 Å². The van der Waals surface area contributed by atoms with Crippen LogP contribution in [0.25, 0.3) is 11.0 Å². The van der Waals surface area contributed by atoms with Crippen molar-refractivity contribution in [3.63, 3.8) is 0 Å². The first-order valence-electron chi connectivity index (χ1n) is 7.52. The number of amides is 1. The molecule has 3 aromatic rings. The SMILES string of the molecule is COc1ccc2cc(C(=O)Nc3cc(C)cc(C)c3)c(=N)oc2c1. The summed E-state index contributed by atoms with van der Waals surface area (Å²) in [4.78, 5) is 12.5. The highest BCUT2D eigenvalue weighted by Crippen LogP contribution is 2.21. The van der Waals surface area contributed by atoms with Crippen molar-refractivity contribution in [1.29, 1.82) is 5.41 Å². The standard InChI is InChI=1S/C19H18N2O3/c1-11-6-12(2)8-14(7-11)21-19(22)16-9-13-4-5-15(23-3)10-17(13)24-18(16)20/h4-10,20H,1-3H3,(H,21,22). The normalized spacial score (nSPS) is 10.6. The molecule has 0 atom stereocenters. The minimum atomic E-state index is -0.369. The molecular formula is C19H18N2O3. The van der Waals surface area contributed by atoms with Crippen molar-refractivity contribution >= 4 is 22.6 Å². The van der Waals surface area contributed by atoms with E-state index >= 15 is 0 Å². The van der Waals surface area contributed by atoms with Crippen molar-refractivity contribution in [2.75, 3.05) is 12.4 Å². The van der Waals surface area contributed by atoms with Gasteiger partial charge in [-0.2, -0.15) is 0 Å². The highest BCUT2D eigenvalue weighted by molar-refractivity contribution is 6.05. The number of benzene rings is 2. The Bertz CT molecular complexity index is 969. The second-order valence-corrected chi connectivity index (χ2v) is 5.72. The minimum Gasteiger partial charge on any atom is -0.497 e. The number of hydrogen-bond donors (Lipinski definition) is 2. The number of rotatable bonds is 3. The molecule has 0 bridgehead atoms. The summed E-state index contributed by atoms with van der Waals surface area (Å²) in [5.41, 5.74) is 3.33. The van der Waals surface area contributed by atoms with Gasteiger partial charge in [0.05, 0.1) is 7.11 Å². The van der Waals surface area contributed by atoms with E-state index in [0.717, 1.165) is 16.5 Å². The lowest BCUT2D eigenvalue weighted by molar-refractivity contribution is 0.102. The Hall–Kier alpha value is -3.08. The van der Waals surface area contributed by atoms with Gasteiger partial charge in [-0.3, -0.25) is 10.2 Å². The number of aryl methyl sites for hydroxylation is 2. The summed E-state index contributed by atoms with van der Waals surface area (Å²) in [5.74, 6) is 0.268. The molecule has 2 aromatic carbocycles. The van der Waals surface area contributed by atoms with E-state index < -0.39 is 0 Å². The van der Waals surface area contributed by atoms with Crippen molar-refractivity contribution in [3.05, 3.63) is 64.7 Å². The number of anilines is 1. The summed E-state index contributed by atoms with van der Waals surface area (Å²) in [7, 11) is 1.56. The van der Waals surface area contributed by atoms with Crippen molar-refractivity contribution in [2.24, 2.45) is 0 Å². The molecule has 24 heavy (non-hydrogen) atoms. The van der Waals surface area contributed by atoms with Crippen LogP contribution in [0.3, 0.4) is 0 Å². The second-order valence-electron chi connectivity index (χ2n) is 5.72. The molecule has 5 nitrogen and oxygen atoms in total. The van der Waals surface area contributed by atoms with Crippen LogP contribution in [-0.4, -0.2) is 13.0 Å². The third kappa shape index (κ3) is 3.15. The van der Waals surface area contributed by atoms with Crippen LogP contribution >= 0.6 is 0 Å². The maximum absolute atomic E-state index is 12.5. The predicted octanol–water partition coefficient (Wildman–Crippen LogP) is 3.79. The lowest BCUT2D eigenvalue weighted by Crippen LogP contribution is -2.20.